The van der Waals surface area contributed by atoms with Gasteiger partial charge in [-0.25, -0.2) is 4.68 Å². The van der Waals surface area contributed by atoms with E-state index in [0.717, 1.165) is 17.9 Å². The van der Waals surface area contributed by atoms with Crippen LogP contribution in [0.15, 0.2) is 42.9 Å². The van der Waals surface area contributed by atoms with Gasteiger partial charge in [-0.05, 0) is 51.0 Å². The number of ketones is 1. The number of likely N-dealkylation sites (tertiary alicyclic amines) is 1. The second kappa shape index (κ2) is 8.86. The fourth-order valence-corrected chi connectivity index (χ4v) is 3.99. The average molecular weight is 437 g/mol. The fraction of sp³-hybridized carbons (Fsp3) is 0.391. The average Bonchev–Trinajstić information content (AvgIpc) is 3.46. The molecule has 3 aromatic rings. The van der Waals surface area contributed by atoms with Gasteiger partial charge in [-0.2, -0.15) is 10.2 Å². The number of hydrogen-bond donors (Lipinski definition) is 1. The Morgan fingerprint density at radius 3 is 2.56 bits per heavy atom. The molecule has 1 fully saturated rings. The van der Waals surface area contributed by atoms with Crippen molar-refractivity contribution in [3.63, 3.8) is 0 Å². The van der Waals surface area contributed by atoms with Crippen LogP contribution >= 0.6 is 0 Å². The van der Waals surface area contributed by atoms with Gasteiger partial charge in [-0.3, -0.25) is 14.3 Å². The fourth-order valence-electron chi connectivity index (χ4n) is 3.99. The minimum absolute atomic E-state index is 0.0855. The van der Waals surface area contributed by atoms with Crippen molar-refractivity contribution < 1.29 is 14.3 Å². The van der Waals surface area contributed by atoms with Crippen LogP contribution in [0.3, 0.4) is 0 Å². The van der Waals surface area contributed by atoms with Crippen molar-refractivity contribution in [3.8, 4) is 11.4 Å². The van der Waals surface area contributed by atoms with Crippen LogP contribution in [0.25, 0.3) is 5.69 Å². The summed E-state index contributed by atoms with van der Waals surface area (Å²) >= 11 is 0. The number of methoxy groups -OCH3 is 1. The molecule has 9 heteroatoms. The predicted octanol–water partition coefficient (Wildman–Crippen LogP) is 2.98. The Balaban J connectivity index is 1.49. The molecule has 0 bridgehead atoms. The third-order valence-electron chi connectivity index (χ3n) is 5.85. The number of nitrogens with zero attached hydrogens (tertiary/aromatic N) is 5. The number of hydrogen-bond acceptors (Lipinski definition) is 6. The molecule has 3 heterocycles. The second-order valence-corrected chi connectivity index (χ2v) is 8.31. The Labute approximate surface area is 186 Å². The molecule has 1 amide bonds. The summed E-state index contributed by atoms with van der Waals surface area (Å²) in [7, 11) is 1.60. The highest BCUT2D eigenvalue weighted by Gasteiger charge is 2.32. The van der Waals surface area contributed by atoms with Gasteiger partial charge in [-0.15, -0.1) is 0 Å². The quantitative estimate of drug-likeness (QED) is 0.595. The summed E-state index contributed by atoms with van der Waals surface area (Å²) in [5.41, 5.74) is 7.95. The van der Waals surface area contributed by atoms with Gasteiger partial charge >= 0.3 is 0 Å². The second-order valence-electron chi connectivity index (χ2n) is 8.31. The molecule has 168 valence electrons. The third kappa shape index (κ3) is 4.10. The number of nitrogen functional groups attached to an aromatic ring is 1. The summed E-state index contributed by atoms with van der Waals surface area (Å²) in [5.74, 6) is 0.515. The van der Waals surface area contributed by atoms with Crippen molar-refractivity contribution in [2.45, 2.75) is 32.7 Å². The maximum absolute atomic E-state index is 13.3. The van der Waals surface area contributed by atoms with E-state index >= 15 is 0 Å². The number of benzene rings is 1. The van der Waals surface area contributed by atoms with E-state index in [9.17, 15) is 9.59 Å². The Hall–Kier alpha value is -3.62. The molecular formula is C23H28N6O3. The topological polar surface area (TPSA) is 108 Å². The summed E-state index contributed by atoms with van der Waals surface area (Å²) < 4.78 is 8.48. The van der Waals surface area contributed by atoms with Crippen LogP contribution in [0.4, 0.5) is 5.82 Å². The number of carbonyl (C=O) groups is 2. The lowest BCUT2D eigenvalue weighted by Gasteiger charge is -2.31. The molecule has 0 aliphatic carbocycles. The minimum Gasteiger partial charge on any atom is -0.497 e. The largest absolute Gasteiger partial charge is 0.497 e. The van der Waals surface area contributed by atoms with E-state index in [-0.39, 0.29) is 23.7 Å². The molecule has 0 saturated carbocycles. The molecule has 1 atom stereocenters. The molecule has 1 aliphatic rings. The number of anilines is 1. The highest BCUT2D eigenvalue weighted by Crippen LogP contribution is 2.26. The van der Waals surface area contributed by atoms with Crippen molar-refractivity contribution in [2.24, 2.45) is 5.92 Å². The van der Waals surface area contributed by atoms with Gasteiger partial charge in [0.2, 0.25) is 0 Å². The maximum atomic E-state index is 13.3. The Morgan fingerprint density at radius 2 is 1.91 bits per heavy atom. The molecule has 2 aromatic heterocycles. The number of Topliss-reactive ketones (excluding diaryl/α,β-unsaturated/α-hetero) is 1. The first kappa shape index (κ1) is 21.6. The summed E-state index contributed by atoms with van der Waals surface area (Å²) in [4.78, 5) is 27.9. The van der Waals surface area contributed by atoms with Gasteiger partial charge in [0.05, 0.1) is 36.3 Å². The molecule has 1 aliphatic heterocycles. The molecule has 0 spiro atoms. The highest BCUT2D eigenvalue weighted by molar-refractivity contribution is 6.02. The number of ether oxygens (including phenoxy) is 1. The SMILES string of the molecule is COc1ccc(-n2ncc(C(=O)[C@H]3CCCN(C(=O)c4cnn(C(C)C)c4)C3)c2N)cc1. The third-order valence-corrected chi connectivity index (χ3v) is 5.85. The van der Waals surface area contributed by atoms with Crippen molar-refractivity contribution in [1.29, 1.82) is 0 Å². The summed E-state index contributed by atoms with van der Waals surface area (Å²) in [6, 6.07) is 7.45. The number of rotatable bonds is 6. The monoisotopic (exact) mass is 436 g/mol. The van der Waals surface area contributed by atoms with Crippen LogP contribution in [0.5, 0.6) is 5.75 Å². The molecule has 0 radical (unpaired) electrons. The van der Waals surface area contributed by atoms with Crippen molar-refractivity contribution in [2.75, 3.05) is 25.9 Å². The van der Waals surface area contributed by atoms with Crippen molar-refractivity contribution in [3.05, 3.63) is 54.0 Å². The zero-order valence-corrected chi connectivity index (χ0v) is 18.6. The molecular weight excluding hydrogens is 408 g/mol. The molecule has 1 aromatic carbocycles. The molecule has 9 nitrogen and oxygen atoms in total. The van der Waals surface area contributed by atoms with E-state index in [0.29, 0.717) is 36.5 Å². The van der Waals surface area contributed by atoms with E-state index in [1.807, 2.05) is 38.1 Å². The van der Waals surface area contributed by atoms with E-state index in [2.05, 4.69) is 10.2 Å². The van der Waals surface area contributed by atoms with Gasteiger partial charge in [0, 0.05) is 31.2 Å². The van der Waals surface area contributed by atoms with Crippen LogP contribution in [0.1, 0.15) is 53.4 Å². The van der Waals surface area contributed by atoms with E-state index in [1.165, 1.54) is 6.20 Å². The molecule has 32 heavy (non-hydrogen) atoms. The van der Waals surface area contributed by atoms with Crippen molar-refractivity contribution in [1.82, 2.24) is 24.5 Å². The van der Waals surface area contributed by atoms with Crippen LogP contribution in [0.2, 0.25) is 0 Å². The van der Waals surface area contributed by atoms with E-state index < -0.39 is 0 Å². The first-order valence-electron chi connectivity index (χ1n) is 10.7. The van der Waals surface area contributed by atoms with Gasteiger partial charge in [0.15, 0.2) is 5.78 Å². The van der Waals surface area contributed by atoms with Crippen LogP contribution < -0.4 is 10.5 Å². The Kier molecular flexibility index (Phi) is 5.98. The molecule has 2 N–H and O–H groups in total. The first-order valence-corrected chi connectivity index (χ1v) is 10.7. The van der Waals surface area contributed by atoms with E-state index in [1.54, 1.807) is 33.8 Å². The minimum atomic E-state index is -0.316. The summed E-state index contributed by atoms with van der Waals surface area (Å²) in [6.07, 6.45) is 6.32. The number of aromatic nitrogens is 4. The summed E-state index contributed by atoms with van der Waals surface area (Å²) in [5, 5.41) is 8.57. The predicted molar refractivity (Wildman–Crippen MR) is 120 cm³/mol. The summed E-state index contributed by atoms with van der Waals surface area (Å²) in [6.45, 7) is 4.99. The smallest absolute Gasteiger partial charge is 0.257 e. The lowest BCUT2D eigenvalue weighted by molar-refractivity contribution is 0.0637. The maximum Gasteiger partial charge on any atom is 0.257 e. The normalized spacial score (nSPS) is 16.4. The van der Waals surface area contributed by atoms with Crippen LogP contribution in [-0.2, 0) is 0 Å². The highest BCUT2D eigenvalue weighted by atomic mass is 16.5. The van der Waals surface area contributed by atoms with E-state index in [4.69, 9.17) is 10.5 Å². The molecule has 4 rings (SSSR count). The van der Waals surface area contributed by atoms with Crippen LogP contribution in [0, 0.1) is 5.92 Å². The lowest BCUT2D eigenvalue weighted by Crippen LogP contribution is -2.42. The standard InChI is InChI=1S/C23H28N6O3/c1-15(2)28-14-17(11-25-28)23(31)27-10-4-5-16(13-27)21(30)20-12-26-29(22(20)24)18-6-8-19(32-3)9-7-18/h6-9,11-12,14-16H,4-5,10,13,24H2,1-3H3/t16-/m0/s1. The lowest BCUT2D eigenvalue weighted by atomic mass is 9.90. The van der Waals surface area contributed by atoms with Gasteiger partial charge in [0.25, 0.3) is 5.91 Å². The van der Waals surface area contributed by atoms with Gasteiger partial charge < -0.3 is 15.4 Å². The van der Waals surface area contributed by atoms with Gasteiger partial charge in [-0.1, -0.05) is 0 Å². The number of carbonyl (C=O) groups excluding carboxylic acids is 2. The Morgan fingerprint density at radius 1 is 1.16 bits per heavy atom. The van der Waals surface area contributed by atoms with Crippen LogP contribution in [-0.4, -0.2) is 56.4 Å². The van der Waals surface area contributed by atoms with Gasteiger partial charge in [0.1, 0.15) is 11.6 Å². The zero-order chi connectivity index (χ0) is 22.8. The molecule has 0 unspecified atom stereocenters. The molecule has 1 saturated heterocycles. The number of amides is 1. The first-order chi connectivity index (χ1) is 15.4. The number of piperidine rings is 1. The zero-order valence-electron chi connectivity index (χ0n) is 18.6. The Bertz CT molecular complexity index is 1120. The van der Waals surface area contributed by atoms with Crippen molar-refractivity contribution >= 4 is 17.5 Å². The number of nitrogens with two attached hydrogens (primary N) is 1.